The van der Waals surface area contributed by atoms with Crippen LogP contribution in [-0.4, -0.2) is 20.1 Å². The van der Waals surface area contributed by atoms with Gasteiger partial charge in [-0.15, -0.1) is 0 Å². The van der Waals surface area contributed by atoms with Crippen molar-refractivity contribution < 1.29 is 5.11 Å². The number of anilines is 3. The number of nitrogens with zero attached hydrogens (tertiary/aromatic N) is 4. The Labute approximate surface area is 198 Å². The standard InChI is InChI=1S/C29H24N4O/c1-18-13-15-30-26(16-18)33-23-7-5-14-31-28(23)29(2,3)21-11-9-20(17-24(21)33)22-12-10-19-6-4-8-25(34)27(19)32-22/h4-17,34H,1-3H3. The molecule has 5 heteroatoms. The lowest BCUT2D eigenvalue weighted by molar-refractivity contribution is 0.480. The van der Waals surface area contributed by atoms with Crippen LogP contribution in [0.25, 0.3) is 22.2 Å². The van der Waals surface area contributed by atoms with E-state index in [1.54, 1.807) is 6.07 Å². The summed E-state index contributed by atoms with van der Waals surface area (Å²) in [5, 5.41) is 11.3. The number of aryl methyl sites for hydroxylation is 1. The number of aromatic hydroxyl groups is 1. The molecule has 3 aromatic heterocycles. The van der Waals surface area contributed by atoms with Crippen molar-refractivity contribution >= 4 is 28.1 Å². The number of phenols is 1. The van der Waals surface area contributed by atoms with Crippen molar-refractivity contribution in [2.45, 2.75) is 26.2 Å². The minimum atomic E-state index is -0.278. The van der Waals surface area contributed by atoms with Gasteiger partial charge >= 0.3 is 0 Å². The van der Waals surface area contributed by atoms with Crippen LogP contribution in [-0.2, 0) is 5.41 Å². The second-order valence-corrected chi connectivity index (χ2v) is 9.30. The van der Waals surface area contributed by atoms with Crippen LogP contribution in [0.3, 0.4) is 0 Å². The molecule has 1 aliphatic rings. The average molecular weight is 445 g/mol. The Kier molecular flexibility index (Phi) is 4.42. The predicted molar refractivity (Wildman–Crippen MR) is 136 cm³/mol. The Hall–Kier alpha value is -4.25. The van der Waals surface area contributed by atoms with Gasteiger partial charge in [0.15, 0.2) is 0 Å². The number of para-hydroxylation sites is 1. The zero-order valence-corrected chi connectivity index (χ0v) is 19.3. The third kappa shape index (κ3) is 3.05. The van der Waals surface area contributed by atoms with E-state index in [2.05, 4.69) is 56.0 Å². The first-order valence-corrected chi connectivity index (χ1v) is 11.4. The smallest absolute Gasteiger partial charge is 0.141 e. The van der Waals surface area contributed by atoms with Gasteiger partial charge < -0.3 is 5.11 Å². The maximum absolute atomic E-state index is 10.3. The van der Waals surface area contributed by atoms with Gasteiger partial charge in [0, 0.05) is 28.8 Å². The maximum atomic E-state index is 10.3. The Balaban J connectivity index is 1.60. The summed E-state index contributed by atoms with van der Waals surface area (Å²) < 4.78 is 0. The molecule has 166 valence electrons. The molecule has 0 atom stereocenters. The molecule has 0 bridgehead atoms. The Bertz CT molecular complexity index is 1570. The zero-order chi connectivity index (χ0) is 23.4. The van der Waals surface area contributed by atoms with Crippen molar-refractivity contribution in [3.05, 3.63) is 102 Å². The number of rotatable bonds is 2. The van der Waals surface area contributed by atoms with Crippen LogP contribution in [0.5, 0.6) is 5.75 Å². The van der Waals surface area contributed by atoms with Gasteiger partial charge in [-0.1, -0.05) is 30.3 Å². The first kappa shape index (κ1) is 20.4. The van der Waals surface area contributed by atoms with Crippen LogP contribution in [0.1, 0.15) is 30.7 Å². The SMILES string of the molecule is Cc1ccnc(N2c3cc(-c4ccc5cccc(O)c5n4)ccc3C(C)(C)c3ncccc32)c1. The van der Waals surface area contributed by atoms with E-state index in [9.17, 15) is 5.11 Å². The highest BCUT2D eigenvalue weighted by Gasteiger charge is 2.38. The molecular weight excluding hydrogens is 420 g/mol. The van der Waals surface area contributed by atoms with E-state index in [-0.39, 0.29) is 11.2 Å². The van der Waals surface area contributed by atoms with Gasteiger partial charge in [0.2, 0.25) is 0 Å². The average Bonchev–Trinajstić information content (AvgIpc) is 2.84. The number of fused-ring (bicyclic) bond motifs is 3. The quantitative estimate of drug-likeness (QED) is 0.324. The molecule has 0 saturated carbocycles. The molecule has 6 rings (SSSR count). The second-order valence-electron chi connectivity index (χ2n) is 9.30. The Morgan fingerprint density at radius 2 is 1.71 bits per heavy atom. The first-order valence-electron chi connectivity index (χ1n) is 11.4. The number of aromatic nitrogens is 3. The summed E-state index contributed by atoms with van der Waals surface area (Å²) in [7, 11) is 0. The van der Waals surface area contributed by atoms with E-state index in [1.165, 1.54) is 5.56 Å². The van der Waals surface area contributed by atoms with Crippen LogP contribution in [0, 0.1) is 6.92 Å². The molecule has 2 aromatic carbocycles. The normalized spacial score (nSPS) is 14.0. The third-order valence-corrected chi connectivity index (χ3v) is 6.66. The molecule has 0 fully saturated rings. The first-order chi connectivity index (χ1) is 16.4. The molecule has 0 radical (unpaired) electrons. The van der Waals surface area contributed by atoms with Crippen molar-refractivity contribution in [2.24, 2.45) is 0 Å². The highest BCUT2D eigenvalue weighted by Crippen LogP contribution is 2.51. The number of benzene rings is 2. The molecule has 1 N–H and O–H groups in total. The number of hydrogen-bond donors (Lipinski definition) is 1. The minimum absolute atomic E-state index is 0.184. The van der Waals surface area contributed by atoms with Crippen molar-refractivity contribution in [1.29, 1.82) is 0 Å². The van der Waals surface area contributed by atoms with E-state index in [1.807, 2.05) is 48.8 Å². The number of pyridine rings is 3. The van der Waals surface area contributed by atoms with E-state index in [0.29, 0.717) is 5.52 Å². The molecule has 0 spiro atoms. The van der Waals surface area contributed by atoms with E-state index in [4.69, 9.17) is 15.0 Å². The van der Waals surface area contributed by atoms with Crippen LogP contribution in [0.4, 0.5) is 17.2 Å². The summed E-state index contributed by atoms with van der Waals surface area (Å²) in [5.41, 5.74) is 7.53. The molecule has 5 aromatic rings. The molecule has 34 heavy (non-hydrogen) atoms. The van der Waals surface area contributed by atoms with Crippen LogP contribution >= 0.6 is 0 Å². The van der Waals surface area contributed by atoms with E-state index >= 15 is 0 Å². The van der Waals surface area contributed by atoms with Gasteiger partial charge in [-0.25, -0.2) is 9.97 Å². The van der Waals surface area contributed by atoms with Gasteiger partial charge in [-0.2, -0.15) is 0 Å². The molecule has 0 amide bonds. The lowest BCUT2D eigenvalue weighted by atomic mass is 9.76. The van der Waals surface area contributed by atoms with Crippen molar-refractivity contribution in [3.63, 3.8) is 0 Å². The largest absolute Gasteiger partial charge is 0.506 e. The van der Waals surface area contributed by atoms with Crippen molar-refractivity contribution in [1.82, 2.24) is 15.0 Å². The highest BCUT2D eigenvalue weighted by atomic mass is 16.3. The van der Waals surface area contributed by atoms with Crippen LogP contribution in [0.2, 0.25) is 0 Å². The lowest BCUT2D eigenvalue weighted by Gasteiger charge is -2.40. The Morgan fingerprint density at radius 1 is 0.824 bits per heavy atom. The number of phenolic OH excluding ortho intramolecular Hbond substituents is 1. The fourth-order valence-corrected chi connectivity index (χ4v) is 4.90. The fraction of sp³-hybridized carbons (Fsp3) is 0.138. The van der Waals surface area contributed by atoms with Crippen molar-refractivity contribution in [2.75, 3.05) is 4.90 Å². The fourth-order valence-electron chi connectivity index (χ4n) is 4.90. The molecule has 1 aliphatic heterocycles. The van der Waals surface area contributed by atoms with Gasteiger partial charge in [-0.05, 0) is 74.4 Å². The van der Waals surface area contributed by atoms with Crippen molar-refractivity contribution in [3.8, 4) is 17.0 Å². The molecule has 5 nitrogen and oxygen atoms in total. The summed E-state index contributed by atoms with van der Waals surface area (Å²) in [6, 6.07) is 24.1. The summed E-state index contributed by atoms with van der Waals surface area (Å²) >= 11 is 0. The van der Waals surface area contributed by atoms with Gasteiger partial charge in [0.1, 0.15) is 17.1 Å². The third-order valence-electron chi connectivity index (χ3n) is 6.66. The molecule has 0 saturated heterocycles. The van der Waals surface area contributed by atoms with E-state index in [0.717, 1.165) is 45.1 Å². The predicted octanol–water partition coefficient (Wildman–Crippen LogP) is 6.81. The zero-order valence-electron chi connectivity index (χ0n) is 19.3. The second kappa shape index (κ2) is 7.39. The molecule has 0 aliphatic carbocycles. The topological polar surface area (TPSA) is 62.1 Å². The highest BCUT2D eigenvalue weighted by molar-refractivity contribution is 5.89. The lowest BCUT2D eigenvalue weighted by Crippen LogP contribution is -2.32. The maximum Gasteiger partial charge on any atom is 0.141 e. The Morgan fingerprint density at radius 3 is 2.56 bits per heavy atom. The summed E-state index contributed by atoms with van der Waals surface area (Å²) in [4.78, 5) is 16.5. The summed E-state index contributed by atoms with van der Waals surface area (Å²) in [5.74, 6) is 1.04. The molecule has 4 heterocycles. The molecular formula is C29H24N4O. The van der Waals surface area contributed by atoms with Crippen LogP contribution in [0.15, 0.2) is 85.2 Å². The van der Waals surface area contributed by atoms with Gasteiger partial charge in [-0.3, -0.25) is 9.88 Å². The summed E-state index contributed by atoms with van der Waals surface area (Å²) in [6.45, 7) is 6.50. The molecule has 0 unspecified atom stereocenters. The van der Waals surface area contributed by atoms with Crippen LogP contribution < -0.4 is 4.90 Å². The van der Waals surface area contributed by atoms with Gasteiger partial charge in [0.25, 0.3) is 0 Å². The summed E-state index contributed by atoms with van der Waals surface area (Å²) in [6.07, 6.45) is 3.70. The number of hydrogen-bond acceptors (Lipinski definition) is 5. The van der Waals surface area contributed by atoms with Gasteiger partial charge in [0.05, 0.1) is 22.8 Å². The monoisotopic (exact) mass is 444 g/mol. The van der Waals surface area contributed by atoms with E-state index < -0.39 is 0 Å². The minimum Gasteiger partial charge on any atom is -0.506 e.